The molecule has 0 aromatic rings. The maximum absolute atomic E-state index is 5.50. The molecule has 74 valence electrons. The molecule has 0 radical (unpaired) electrons. The van der Waals surface area contributed by atoms with E-state index in [1.807, 2.05) is 0 Å². The van der Waals surface area contributed by atoms with Crippen molar-refractivity contribution in [1.82, 2.24) is 0 Å². The van der Waals surface area contributed by atoms with Crippen molar-refractivity contribution in [2.75, 3.05) is 34.3 Å². The number of nitrogens with zero attached hydrogens (tertiary/aromatic N) is 1. The first-order chi connectivity index (χ1) is 4.97. The lowest BCUT2D eigenvalue weighted by atomic mass is 10.1. The Balaban J connectivity index is 0.00000121. The van der Waals surface area contributed by atoms with E-state index in [-0.39, 0.29) is 24.0 Å². The van der Waals surface area contributed by atoms with Gasteiger partial charge in [0.1, 0.15) is 0 Å². The lowest BCUT2D eigenvalue weighted by Gasteiger charge is -2.26. The van der Waals surface area contributed by atoms with E-state index in [0.29, 0.717) is 6.10 Å². The Morgan fingerprint density at radius 1 is 1.33 bits per heavy atom. The van der Waals surface area contributed by atoms with Crippen LogP contribution in [0, 0.1) is 5.92 Å². The van der Waals surface area contributed by atoms with Gasteiger partial charge in [0.2, 0.25) is 0 Å². The van der Waals surface area contributed by atoms with E-state index in [1.54, 1.807) is 0 Å². The van der Waals surface area contributed by atoms with Crippen LogP contribution in [0.25, 0.3) is 0 Å². The summed E-state index contributed by atoms with van der Waals surface area (Å²) in [7, 11) is 6.72. The molecule has 3 heteroatoms. The maximum atomic E-state index is 5.50. The molecule has 2 unspecified atom stereocenters. The first-order valence-electron chi connectivity index (χ1n) is 4.39. The second-order valence-corrected chi connectivity index (χ2v) is 4.72. The fraction of sp³-hybridized carbons (Fsp3) is 1.00. The second-order valence-electron chi connectivity index (χ2n) is 4.72. The minimum atomic E-state index is 0. The monoisotopic (exact) mass is 285 g/mol. The van der Waals surface area contributed by atoms with Crippen LogP contribution in [0.4, 0.5) is 0 Å². The predicted molar refractivity (Wildman–Crippen MR) is 46.4 cm³/mol. The summed E-state index contributed by atoms with van der Waals surface area (Å²) in [5.41, 5.74) is 0. The molecule has 1 rings (SSSR count). The molecule has 0 bridgehead atoms. The van der Waals surface area contributed by atoms with Crippen LogP contribution in [0.15, 0.2) is 0 Å². The van der Waals surface area contributed by atoms with Gasteiger partial charge < -0.3 is 33.2 Å². The Hall–Kier alpha value is 0.650. The van der Waals surface area contributed by atoms with Crippen molar-refractivity contribution >= 4 is 0 Å². The molecule has 2 atom stereocenters. The summed E-state index contributed by atoms with van der Waals surface area (Å²) in [5.74, 6) is 0.782. The van der Waals surface area contributed by atoms with Gasteiger partial charge in [-0.05, 0) is 13.3 Å². The molecule has 0 saturated carbocycles. The third kappa shape index (κ3) is 4.62. The van der Waals surface area contributed by atoms with Gasteiger partial charge in [0, 0.05) is 5.92 Å². The van der Waals surface area contributed by atoms with Gasteiger partial charge in [-0.25, -0.2) is 0 Å². The molecule has 2 nitrogen and oxygen atoms in total. The molecule has 0 aliphatic carbocycles. The number of halogens is 1. The van der Waals surface area contributed by atoms with Gasteiger partial charge in [-0.1, -0.05) is 0 Å². The quantitative estimate of drug-likeness (QED) is 0.426. The molecule has 1 heterocycles. The molecule has 1 aliphatic heterocycles. The van der Waals surface area contributed by atoms with Crippen LogP contribution in [0.1, 0.15) is 13.3 Å². The van der Waals surface area contributed by atoms with E-state index in [0.717, 1.165) is 17.0 Å². The summed E-state index contributed by atoms with van der Waals surface area (Å²) in [5, 5.41) is 0. The zero-order valence-electron chi connectivity index (χ0n) is 8.51. The van der Waals surface area contributed by atoms with Gasteiger partial charge in [-0.2, -0.15) is 0 Å². The number of rotatable bonds is 2. The van der Waals surface area contributed by atoms with Crippen molar-refractivity contribution < 1.29 is 33.2 Å². The van der Waals surface area contributed by atoms with E-state index in [2.05, 4.69) is 28.1 Å². The van der Waals surface area contributed by atoms with E-state index < -0.39 is 0 Å². The fourth-order valence-corrected chi connectivity index (χ4v) is 1.81. The van der Waals surface area contributed by atoms with Crippen molar-refractivity contribution in [1.29, 1.82) is 0 Å². The average Bonchev–Trinajstić information content (AvgIpc) is 2.10. The highest BCUT2D eigenvalue weighted by Crippen LogP contribution is 2.20. The molecule has 0 aromatic carbocycles. The molecule has 1 saturated heterocycles. The average molecular weight is 285 g/mol. The Kier molecular flexibility index (Phi) is 5.02. The Labute approximate surface area is 92.9 Å². The first kappa shape index (κ1) is 12.7. The predicted octanol–water partition coefficient (Wildman–Crippen LogP) is -1.88. The largest absolute Gasteiger partial charge is 1.00 e. The number of hydrogen-bond donors (Lipinski definition) is 0. The van der Waals surface area contributed by atoms with Crippen molar-refractivity contribution in [2.45, 2.75) is 19.4 Å². The molecule has 0 amide bonds. The normalized spacial score (nSPS) is 30.0. The van der Waals surface area contributed by atoms with Crippen LogP contribution < -0.4 is 24.0 Å². The van der Waals surface area contributed by atoms with Crippen molar-refractivity contribution in [3.8, 4) is 0 Å². The molecule has 0 spiro atoms. The first-order valence-corrected chi connectivity index (χ1v) is 4.39. The van der Waals surface area contributed by atoms with Gasteiger partial charge in [-0.15, -0.1) is 0 Å². The van der Waals surface area contributed by atoms with Crippen LogP contribution in [-0.4, -0.2) is 44.9 Å². The highest BCUT2D eigenvalue weighted by molar-refractivity contribution is 4.69. The molecule has 12 heavy (non-hydrogen) atoms. The smallest absolute Gasteiger partial charge is 0.0832 e. The van der Waals surface area contributed by atoms with E-state index >= 15 is 0 Å². The molecule has 1 aliphatic rings. The highest BCUT2D eigenvalue weighted by Gasteiger charge is 2.26. The summed E-state index contributed by atoms with van der Waals surface area (Å²) >= 11 is 0. The van der Waals surface area contributed by atoms with Gasteiger partial charge in [-0.3, -0.25) is 0 Å². The second kappa shape index (κ2) is 4.77. The van der Waals surface area contributed by atoms with Gasteiger partial charge in [0.15, 0.2) is 0 Å². The van der Waals surface area contributed by atoms with Crippen LogP contribution in [0.3, 0.4) is 0 Å². The standard InChI is InChI=1S/C9H20NO.HI/c1-8-5-9(7-11-8)6-10(2,3)4;/h8-9H,5-7H2,1-4H3;1H/q+1;/p-1. The Morgan fingerprint density at radius 2 is 1.92 bits per heavy atom. The molecule has 0 N–H and O–H groups in total. The van der Waals surface area contributed by atoms with Crippen molar-refractivity contribution in [3.05, 3.63) is 0 Å². The lowest BCUT2D eigenvalue weighted by molar-refractivity contribution is -0.873. The van der Waals surface area contributed by atoms with Crippen molar-refractivity contribution in [3.63, 3.8) is 0 Å². The van der Waals surface area contributed by atoms with Crippen LogP contribution >= 0.6 is 0 Å². The zero-order chi connectivity index (χ0) is 8.48. The molecule has 1 fully saturated rings. The van der Waals surface area contributed by atoms with Gasteiger partial charge >= 0.3 is 0 Å². The zero-order valence-corrected chi connectivity index (χ0v) is 10.7. The third-order valence-corrected chi connectivity index (χ3v) is 2.09. The topological polar surface area (TPSA) is 9.23 Å². The van der Waals surface area contributed by atoms with E-state index in [9.17, 15) is 0 Å². The molecule has 0 aromatic heterocycles. The van der Waals surface area contributed by atoms with Crippen LogP contribution in [0.2, 0.25) is 0 Å². The fourth-order valence-electron chi connectivity index (χ4n) is 1.81. The summed E-state index contributed by atoms with van der Waals surface area (Å²) in [6, 6.07) is 0. The summed E-state index contributed by atoms with van der Waals surface area (Å²) in [4.78, 5) is 0. The lowest BCUT2D eigenvalue weighted by Crippen LogP contribution is -3.00. The van der Waals surface area contributed by atoms with Crippen LogP contribution in [0.5, 0.6) is 0 Å². The number of hydrogen-bond acceptors (Lipinski definition) is 1. The summed E-state index contributed by atoms with van der Waals surface area (Å²) in [6.45, 7) is 4.37. The van der Waals surface area contributed by atoms with Crippen molar-refractivity contribution in [2.24, 2.45) is 5.92 Å². The summed E-state index contributed by atoms with van der Waals surface area (Å²) < 4.78 is 6.56. The van der Waals surface area contributed by atoms with E-state index in [1.165, 1.54) is 13.0 Å². The maximum Gasteiger partial charge on any atom is 0.0832 e. The number of ether oxygens (including phenoxy) is 1. The molecular formula is C9H20INO. The highest BCUT2D eigenvalue weighted by atomic mass is 127. The Morgan fingerprint density at radius 3 is 2.25 bits per heavy atom. The number of quaternary nitrogens is 1. The van der Waals surface area contributed by atoms with E-state index in [4.69, 9.17) is 4.74 Å². The van der Waals surface area contributed by atoms with Gasteiger partial charge in [0.25, 0.3) is 0 Å². The minimum absolute atomic E-state index is 0. The van der Waals surface area contributed by atoms with Gasteiger partial charge in [0.05, 0.1) is 40.4 Å². The molecular weight excluding hydrogens is 265 g/mol. The Bertz CT molecular complexity index is 133. The SMILES string of the molecule is CC1CC(C[N+](C)(C)C)CO1.[I-]. The van der Waals surface area contributed by atoms with Crippen LogP contribution in [-0.2, 0) is 4.74 Å². The summed E-state index contributed by atoms with van der Waals surface area (Å²) in [6.07, 6.45) is 1.74. The third-order valence-electron chi connectivity index (χ3n) is 2.09. The minimum Gasteiger partial charge on any atom is -1.00 e.